The highest BCUT2D eigenvalue weighted by Crippen LogP contribution is 2.38. The van der Waals surface area contributed by atoms with Crippen molar-refractivity contribution in [3.05, 3.63) is 70.8 Å². The summed E-state index contributed by atoms with van der Waals surface area (Å²) in [7, 11) is 0. The Hall–Kier alpha value is -1.97. The van der Waals surface area contributed by atoms with Gasteiger partial charge in [-0.2, -0.15) is 0 Å². The summed E-state index contributed by atoms with van der Waals surface area (Å²) in [4.78, 5) is 13.6. The van der Waals surface area contributed by atoms with Gasteiger partial charge in [0.25, 0.3) is 0 Å². The van der Waals surface area contributed by atoms with E-state index in [9.17, 15) is 15.0 Å². The lowest BCUT2D eigenvalue weighted by Crippen LogP contribution is -2.22. The van der Waals surface area contributed by atoms with E-state index in [0.717, 1.165) is 73.6 Å². The van der Waals surface area contributed by atoms with E-state index in [1.54, 1.807) is 0 Å². The third-order valence-corrected chi connectivity index (χ3v) is 6.58. The van der Waals surface area contributed by atoms with E-state index in [2.05, 4.69) is 12.1 Å². The summed E-state index contributed by atoms with van der Waals surface area (Å²) in [6, 6.07) is 15.8. The van der Waals surface area contributed by atoms with Crippen LogP contribution in [-0.2, 0) is 0 Å². The number of benzene rings is 2. The molecule has 0 amide bonds. The Kier molecular flexibility index (Phi) is 5.93. The fourth-order valence-corrected chi connectivity index (χ4v) is 5.16. The lowest BCUT2D eigenvalue weighted by atomic mass is 9.77. The van der Waals surface area contributed by atoms with Crippen LogP contribution in [0.3, 0.4) is 0 Å². The van der Waals surface area contributed by atoms with Crippen LogP contribution in [0.2, 0.25) is 0 Å². The number of hydrogen-bond donors (Lipinski definition) is 2. The number of ketones is 1. The van der Waals surface area contributed by atoms with Gasteiger partial charge in [-0.15, -0.1) is 0 Å². The topological polar surface area (TPSA) is 57.5 Å². The Morgan fingerprint density at radius 2 is 1.11 bits per heavy atom. The first-order chi connectivity index (χ1) is 13.6. The van der Waals surface area contributed by atoms with E-state index in [0.29, 0.717) is 0 Å². The monoisotopic (exact) mass is 378 g/mol. The molecule has 3 nitrogen and oxygen atoms in total. The summed E-state index contributed by atoms with van der Waals surface area (Å²) in [6.07, 6.45) is 6.72. The van der Waals surface area contributed by atoms with Gasteiger partial charge in [-0.25, -0.2) is 0 Å². The molecule has 4 unspecified atom stereocenters. The van der Waals surface area contributed by atoms with Gasteiger partial charge < -0.3 is 10.2 Å². The lowest BCUT2D eigenvalue weighted by Gasteiger charge is -2.29. The minimum atomic E-state index is -0.266. The Labute approximate surface area is 167 Å². The molecule has 2 aromatic rings. The van der Waals surface area contributed by atoms with Crippen molar-refractivity contribution in [1.82, 2.24) is 0 Å². The molecule has 0 heterocycles. The van der Waals surface area contributed by atoms with Gasteiger partial charge in [-0.3, -0.25) is 4.79 Å². The molecule has 4 rings (SSSR count). The zero-order valence-corrected chi connectivity index (χ0v) is 16.4. The normalized spacial score (nSPS) is 28.1. The van der Waals surface area contributed by atoms with Crippen molar-refractivity contribution in [2.24, 2.45) is 0 Å². The maximum Gasteiger partial charge on any atom is 0.193 e. The standard InChI is InChI=1S/C25H30O3/c26-19-9-5-7-17(15-19)21-11-1-3-13-23(21)25(28)24-14-4-2-12-22(24)18-8-6-10-20(27)16-18/h1-4,11-14,17-20,26-27H,5-10,15-16H2. The van der Waals surface area contributed by atoms with Gasteiger partial charge in [0, 0.05) is 11.1 Å². The summed E-state index contributed by atoms with van der Waals surface area (Å²) in [5.41, 5.74) is 3.69. The molecule has 2 aromatic carbocycles. The molecule has 28 heavy (non-hydrogen) atoms. The van der Waals surface area contributed by atoms with E-state index in [4.69, 9.17) is 0 Å². The van der Waals surface area contributed by atoms with Gasteiger partial charge in [0.1, 0.15) is 0 Å². The molecule has 2 aliphatic rings. The molecule has 4 atom stereocenters. The largest absolute Gasteiger partial charge is 0.393 e. The molecule has 0 bridgehead atoms. The smallest absolute Gasteiger partial charge is 0.193 e. The highest BCUT2D eigenvalue weighted by molar-refractivity contribution is 6.11. The number of aliphatic hydroxyl groups excluding tert-OH is 2. The fraction of sp³-hybridized carbons (Fsp3) is 0.480. The van der Waals surface area contributed by atoms with E-state index >= 15 is 0 Å². The maximum absolute atomic E-state index is 13.6. The average molecular weight is 379 g/mol. The van der Waals surface area contributed by atoms with Crippen molar-refractivity contribution in [3.8, 4) is 0 Å². The first-order valence-corrected chi connectivity index (χ1v) is 10.7. The summed E-state index contributed by atoms with van der Waals surface area (Å²) in [6.45, 7) is 0. The van der Waals surface area contributed by atoms with Gasteiger partial charge in [-0.05, 0) is 61.5 Å². The van der Waals surface area contributed by atoms with Crippen LogP contribution in [-0.4, -0.2) is 28.2 Å². The van der Waals surface area contributed by atoms with Crippen LogP contribution in [0.4, 0.5) is 0 Å². The highest BCUT2D eigenvalue weighted by Gasteiger charge is 2.28. The number of carbonyl (C=O) groups excluding carboxylic acids is 1. The summed E-state index contributed by atoms with van der Waals surface area (Å²) in [5, 5.41) is 20.2. The molecular weight excluding hydrogens is 348 g/mol. The molecule has 0 aliphatic heterocycles. The maximum atomic E-state index is 13.6. The lowest BCUT2D eigenvalue weighted by molar-refractivity contribution is 0.102. The predicted molar refractivity (Wildman–Crippen MR) is 111 cm³/mol. The molecule has 0 spiro atoms. The van der Waals surface area contributed by atoms with Crippen molar-refractivity contribution in [2.45, 2.75) is 75.4 Å². The molecule has 0 radical (unpaired) electrons. The summed E-state index contributed by atoms with van der Waals surface area (Å²) in [5.74, 6) is 0.562. The molecule has 0 aromatic heterocycles. The van der Waals surface area contributed by atoms with Crippen LogP contribution in [0, 0.1) is 0 Å². The van der Waals surface area contributed by atoms with Crippen molar-refractivity contribution in [2.75, 3.05) is 0 Å². The van der Waals surface area contributed by atoms with Gasteiger partial charge >= 0.3 is 0 Å². The van der Waals surface area contributed by atoms with Gasteiger partial charge in [0.15, 0.2) is 5.78 Å². The van der Waals surface area contributed by atoms with Crippen LogP contribution in [0.25, 0.3) is 0 Å². The molecule has 3 heteroatoms. The summed E-state index contributed by atoms with van der Waals surface area (Å²) >= 11 is 0. The highest BCUT2D eigenvalue weighted by atomic mass is 16.3. The van der Waals surface area contributed by atoms with Crippen LogP contribution in [0.15, 0.2) is 48.5 Å². The second kappa shape index (κ2) is 8.59. The SMILES string of the molecule is O=C(c1ccccc1C1CCCC(O)C1)c1ccccc1C1CCCC(O)C1. The van der Waals surface area contributed by atoms with E-state index < -0.39 is 0 Å². The first kappa shape index (κ1) is 19.4. The zero-order valence-electron chi connectivity index (χ0n) is 16.4. The minimum Gasteiger partial charge on any atom is -0.393 e. The second-order valence-electron chi connectivity index (χ2n) is 8.54. The quantitative estimate of drug-likeness (QED) is 0.740. The molecular formula is C25H30O3. The zero-order chi connectivity index (χ0) is 19.5. The molecule has 2 fully saturated rings. The average Bonchev–Trinajstić information content (AvgIpc) is 2.73. The van der Waals surface area contributed by atoms with Crippen molar-refractivity contribution in [1.29, 1.82) is 0 Å². The summed E-state index contributed by atoms with van der Waals surface area (Å²) < 4.78 is 0. The van der Waals surface area contributed by atoms with E-state index in [1.807, 2.05) is 36.4 Å². The van der Waals surface area contributed by atoms with E-state index in [1.165, 1.54) is 0 Å². The Morgan fingerprint density at radius 3 is 1.54 bits per heavy atom. The fourth-order valence-electron chi connectivity index (χ4n) is 5.16. The van der Waals surface area contributed by atoms with Crippen molar-refractivity contribution in [3.63, 3.8) is 0 Å². The van der Waals surface area contributed by atoms with Gasteiger partial charge in [0.05, 0.1) is 12.2 Å². The van der Waals surface area contributed by atoms with Crippen molar-refractivity contribution < 1.29 is 15.0 Å². The van der Waals surface area contributed by atoms with Crippen LogP contribution in [0.5, 0.6) is 0 Å². The Morgan fingerprint density at radius 1 is 0.679 bits per heavy atom. The predicted octanol–water partition coefficient (Wildman–Crippen LogP) is 4.95. The van der Waals surface area contributed by atoms with Crippen LogP contribution in [0.1, 0.15) is 90.3 Å². The third kappa shape index (κ3) is 4.06. The van der Waals surface area contributed by atoms with Gasteiger partial charge in [-0.1, -0.05) is 61.4 Å². The number of hydrogen-bond acceptors (Lipinski definition) is 3. The van der Waals surface area contributed by atoms with E-state index in [-0.39, 0.29) is 29.8 Å². The van der Waals surface area contributed by atoms with Crippen LogP contribution < -0.4 is 0 Å². The molecule has 2 aliphatic carbocycles. The third-order valence-electron chi connectivity index (χ3n) is 6.58. The molecule has 2 saturated carbocycles. The molecule has 2 N–H and O–H groups in total. The minimum absolute atomic E-state index is 0.0753. The number of rotatable bonds is 4. The Balaban J connectivity index is 1.68. The van der Waals surface area contributed by atoms with Crippen LogP contribution >= 0.6 is 0 Å². The van der Waals surface area contributed by atoms with Gasteiger partial charge in [0.2, 0.25) is 0 Å². The molecule has 148 valence electrons. The second-order valence-corrected chi connectivity index (χ2v) is 8.54. The number of aliphatic hydroxyl groups is 2. The number of carbonyl (C=O) groups is 1. The first-order valence-electron chi connectivity index (χ1n) is 10.7. The molecule has 0 saturated heterocycles. The Bertz CT molecular complexity index is 761. The van der Waals surface area contributed by atoms with Crippen molar-refractivity contribution >= 4 is 5.78 Å².